The van der Waals surface area contributed by atoms with Crippen LogP contribution in [0.25, 0.3) is 11.1 Å². The normalized spacial score (nSPS) is 24.3. The first kappa shape index (κ1) is 11.4. The molecule has 2 aromatic rings. The lowest BCUT2D eigenvalue weighted by atomic mass is 9.87. The lowest BCUT2D eigenvalue weighted by Crippen LogP contribution is -2.26. The Balaban J connectivity index is 1.79. The molecule has 1 aromatic heterocycles. The van der Waals surface area contributed by atoms with Crippen LogP contribution in [0.5, 0.6) is 0 Å². The molecule has 1 aliphatic rings. The van der Waals surface area contributed by atoms with Crippen LogP contribution < -0.4 is 11.1 Å². The van der Waals surface area contributed by atoms with Gasteiger partial charge in [0.2, 0.25) is 0 Å². The molecule has 1 fully saturated rings. The van der Waals surface area contributed by atoms with Gasteiger partial charge >= 0.3 is 5.76 Å². The molecule has 0 saturated heterocycles. The fourth-order valence-electron chi connectivity index (χ4n) is 2.84. The van der Waals surface area contributed by atoms with Gasteiger partial charge < -0.3 is 9.73 Å². The summed E-state index contributed by atoms with van der Waals surface area (Å²) in [6, 6.07) is 6.30. The predicted molar refractivity (Wildman–Crippen MR) is 71.9 cm³/mol. The number of fused-ring (bicyclic) bond motifs is 1. The second kappa shape index (κ2) is 4.52. The summed E-state index contributed by atoms with van der Waals surface area (Å²) >= 11 is 0. The molecular formula is C14H18N2O2. The van der Waals surface area contributed by atoms with Gasteiger partial charge in [0.25, 0.3) is 0 Å². The first-order valence-corrected chi connectivity index (χ1v) is 6.60. The average Bonchev–Trinajstić information content (AvgIpc) is 2.68. The van der Waals surface area contributed by atoms with Crippen molar-refractivity contribution >= 4 is 16.8 Å². The lowest BCUT2D eigenvalue weighted by molar-refractivity contribution is 0.358. The van der Waals surface area contributed by atoms with E-state index in [2.05, 4.69) is 17.2 Å². The molecule has 1 aliphatic carbocycles. The minimum absolute atomic E-state index is 0.395. The van der Waals surface area contributed by atoms with Crippen molar-refractivity contribution in [2.24, 2.45) is 5.92 Å². The van der Waals surface area contributed by atoms with Crippen molar-refractivity contribution in [3.05, 3.63) is 28.7 Å². The van der Waals surface area contributed by atoms with Crippen LogP contribution in [0, 0.1) is 5.92 Å². The lowest BCUT2D eigenvalue weighted by Gasteiger charge is -2.28. The molecule has 1 aromatic carbocycles. The molecule has 4 nitrogen and oxygen atoms in total. The average molecular weight is 246 g/mol. The Bertz CT molecular complexity index is 599. The zero-order valence-corrected chi connectivity index (χ0v) is 10.5. The minimum atomic E-state index is -0.395. The van der Waals surface area contributed by atoms with E-state index in [4.69, 9.17) is 4.42 Å². The predicted octanol–water partition coefficient (Wildman–Crippen LogP) is 3.11. The van der Waals surface area contributed by atoms with E-state index in [0.29, 0.717) is 11.6 Å². The van der Waals surface area contributed by atoms with Gasteiger partial charge in [-0.05, 0) is 37.0 Å². The molecule has 96 valence electrons. The molecule has 2 atom stereocenters. The van der Waals surface area contributed by atoms with E-state index in [1.165, 1.54) is 25.7 Å². The third-order valence-electron chi connectivity index (χ3n) is 3.73. The Labute approximate surface area is 105 Å². The number of hydrogen-bond acceptors (Lipinski definition) is 3. The van der Waals surface area contributed by atoms with Gasteiger partial charge in [-0.3, -0.25) is 4.98 Å². The maximum atomic E-state index is 11.1. The molecule has 2 N–H and O–H groups in total. The molecule has 0 radical (unpaired) electrons. The second-order valence-electron chi connectivity index (χ2n) is 5.34. The zero-order valence-electron chi connectivity index (χ0n) is 10.5. The number of aromatic amines is 1. The maximum Gasteiger partial charge on any atom is 0.417 e. The highest BCUT2D eigenvalue weighted by atomic mass is 16.4. The van der Waals surface area contributed by atoms with Crippen molar-refractivity contribution in [2.45, 2.75) is 38.6 Å². The van der Waals surface area contributed by atoms with Crippen LogP contribution in [0.1, 0.15) is 32.6 Å². The number of H-pyrrole nitrogens is 1. The van der Waals surface area contributed by atoms with Gasteiger partial charge in [-0.2, -0.15) is 0 Å². The van der Waals surface area contributed by atoms with Gasteiger partial charge in [0.05, 0.1) is 5.52 Å². The van der Waals surface area contributed by atoms with Gasteiger partial charge in [0.15, 0.2) is 5.58 Å². The first-order valence-electron chi connectivity index (χ1n) is 6.60. The highest BCUT2D eigenvalue weighted by Crippen LogP contribution is 2.27. The number of oxazole rings is 1. The van der Waals surface area contributed by atoms with Gasteiger partial charge in [-0.15, -0.1) is 0 Å². The summed E-state index contributed by atoms with van der Waals surface area (Å²) in [5.74, 6) is 0.405. The first-order chi connectivity index (χ1) is 8.70. The number of benzene rings is 1. The SMILES string of the molecule is CC1CCCC(Nc2ccc3oc(=O)[nH]c3c2)C1. The Morgan fingerprint density at radius 1 is 1.39 bits per heavy atom. The van der Waals surface area contributed by atoms with E-state index >= 15 is 0 Å². The summed E-state index contributed by atoms with van der Waals surface area (Å²) in [6.45, 7) is 2.31. The fourth-order valence-corrected chi connectivity index (χ4v) is 2.84. The van der Waals surface area contributed by atoms with Gasteiger partial charge in [0, 0.05) is 11.7 Å². The van der Waals surface area contributed by atoms with Crippen molar-refractivity contribution in [2.75, 3.05) is 5.32 Å². The topological polar surface area (TPSA) is 58.0 Å². The number of anilines is 1. The quantitative estimate of drug-likeness (QED) is 0.856. The van der Waals surface area contributed by atoms with E-state index in [0.717, 1.165) is 17.1 Å². The van der Waals surface area contributed by atoms with Crippen LogP contribution in [-0.4, -0.2) is 11.0 Å². The summed E-state index contributed by atoms with van der Waals surface area (Å²) in [5, 5.41) is 3.55. The molecular weight excluding hydrogens is 228 g/mol. The van der Waals surface area contributed by atoms with E-state index in [1.54, 1.807) is 0 Å². The molecule has 0 bridgehead atoms. The zero-order chi connectivity index (χ0) is 12.5. The highest BCUT2D eigenvalue weighted by Gasteiger charge is 2.18. The van der Waals surface area contributed by atoms with Crippen molar-refractivity contribution in [1.82, 2.24) is 4.98 Å². The van der Waals surface area contributed by atoms with Crippen LogP contribution in [0.3, 0.4) is 0 Å². The molecule has 1 heterocycles. The Kier molecular flexibility index (Phi) is 2.86. The largest absolute Gasteiger partial charge is 0.417 e. The van der Waals surface area contributed by atoms with E-state index in [9.17, 15) is 4.79 Å². The van der Waals surface area contributed by atoms with Crippen LogP contribution in [-0.2, 0) is 0 Å². The maximum absolute atomic E-state index is 11.1. The third kappa shape index (κ3) is 2.28. The van der Waals surface area contributed by atoms with E-state index < -0.39 is 5.76 Å². The van der Waals surface area contributed by atoms with Crippen LogP contribution in [0.4, 0.5) is 5.69 Å². The molecule has 1 saturated carbocycles. The van der Waals surface area contributed by atoms with Crippen molar-refractivity contribution in [3.63, 3.8) is 0 Å². The van der Waals surface area contributed by atoms with Crippen molar-refractivity contribution in [3.8, 4) is 0 Å². The van der Waals surface area contributed by atoms with Gasteiger partial charge in [0.1, 0.15) is 0 Å². The van der Waals surface area contributed by atoms with Crippen LogP contribution in [0.2, 0.25) is 0 Å². The Morgan fingerprint density at radius 2 is 2.28 bits per heavy atom. The van der Waals surface area contributed by atoms with Crippen molar-refractivity contribution in [1.29, 1.82) is 0 Å². The molecule has 0 spiro atoms. The minimum Gasteiger partial charge on any atom is -0.408 e. The summed E-state index contributed by atoms with van der Waals surface area (Å²) < 4.78 is 4.99. The van der Waals surface area contributed by atoms with Crippen molar-refractivity contribution < 1.29 is 4.42 Å². The summed E-state index contributed by atoms with van der Waals surface area (Å²) in [6.07, 6.45) is 5.08. The number of hydrogen-bond donors (Lipinski definition) is 2. The van der Waals surface area contributed by atoms with Gasteiger partial charge in [-0.1, -0.05) is 19.8 Å². The molecule has 4 heteroatoms. The van der Waals surface area contributed by atoms with Crippen LogP contribution >= 0.6 is 0 Å². The summed E-state index contributed by atoms with van der Waals surface area (Å²) in [4.78, 5) is 13.8. The van der Waals surface area contributed by atoms with Gasteiger partial charge in [-0.25, -0.2) is 4.79 Å². The molecule has 18 heavy (non-hydrogen) atoms. The standard InChI is InChI=1S/C14H18N2O2/c1-9-3-2-4-10(7-9)15-11-5-6-13-12(8-11)16-14(17)18-13/h5-6,8-10,15H,2-4,7H2,1H3,(H,16,17). The van der Waals surface area contributed by atoms with Crippen LogP contribution in [0.15, 0.2) is 27.4 Å². The number of nitrogens with one attached hydrogen (secondary N) is 2. The molecule has 2 unspecified atom stereocenters. The van der Waals surface area contributed by atoms with E-state index in [-0.39, 0.29) is 0 Å². The number of rotatable bonds is 2. The Morgan fingerprint density at radius 3 is 3.11 bits per heavy atom. The Hall–Kier alpha value is -1.71. The molecule has 0 amide bonds. The molecule has 3 rings (SSSR count). The summed E-state index contributed by atoms with van der Waals surface area (Å²) in [7, 11) is 0. The highest BCUT2D eigenvalue weighted by molar-refractivity contribution is 5.76. The smallest absolute Gasteiger partial charge is 0.408 e. The second-order valence-corrected chi connectivity index (χ2v) is 5.34. The summed E-state index contributed by atoms with van der Waals surface area (Å²) in [5.41, 5.74) is 2.43. The third-order valence-corrected chi connectivity index (χ3v) is 3.73. The number of aromatic nitrogens is 1. The molecule has 0 aliphatic heterocycles. The fraction of sp³-hybridized carbons (Fsp3) is 0.500. The monoisotopic (exact) mass is 246 g/mol. The van der Waals surface area contributed by atoms with E-state index in [1.807, 2.05) is 18.2 Å².